The summed E-state index contributed by atoms with van der Waals surface area (Å²) in [4.78, 5) is 32.4. The monoisotopic (exact) mass is 394 g/mol. The Labute approximate surface area is 167 Å². The second-order valence-corrected chi connectivity index (χ2v) is 7.83. The predicted octanol–water partition coefficient (Wildman–Crippen LogP) is 3.95. The van der Waals surface area contributed by atoms with Crippen LogP contribution in [0.3, 0.4) is 0 Å². The van der Waals surface area contributed by atoms with Crippen LogP contribution in [0.4, 0.5) is 5.69 Å². The van der Waals surface area contributed by atoms with Crippen molar-refractivity contribution in [2.45, 2.75) is 31.8 Å². The molecule has 7 heteroatoms. The molecule has 1 saturated heterocycles. The molecule has 0 spiro atoms. The maximum absolute atomic E-state index is 13.1. The van der Waals surface area contributed by atoms with E-state index in [1.165, 1.54) is 4.88 Å². The molecule has 1 aliphatic heterocycles. The van der Waals surface area contributed by atoms with Gasteiger partial charge in [0.2, 0.25) is 5.91 Å². The summed E-state index contributed by atoms with van der Waals surface area (Å²) < 4.78 is 1.86. The third kappa shape index (κ3) is 4.14. The highest BCUT2D eigenvalue weighted by Crippen LogP contribution is 2.35. The number of carbonyl (C=O) groups excluding carboxylic acids is 2. The molecule has 0 saturated carbocycles. The van der Waals surface area contributed by atoms with Crippen LogP contribution in [0.15, 0.2) is 60.5 Å². The lowest BCUT2D eigenvalue weighted by molar-refractivity contribution is -0.116. The Morgan fingerprint density at radius 3 is 2.96 bits per heavy atom. The van der Waals surface area contributed by atoms with Crippen molar-refractivity contribution in [2.24, 2.45) is 0 Å². The fraction of sp³-hybridized carbons (Fsp3) is 0.286. The minimum Gasteiger partial charge on any atom is -0.337 e. The third-order valence-electron chi connectivity index (χ3n) is 4.93. The van der Waals surface area contributed by atoms with Gasteiger partial charge in [0.05, 0.1) is 12.4 Å². The molecule has 1 unspecified atom stereocenters. The van der Waals surface area contributed by atoms with Gasteiger partial charge in [-0.2, -0.15) is 0 Å². The van der Waals surface area contributed by atoms with Crippen molar-refractivity contribution in [1.82, 2.24) is 14.5 Å². The van der Waals surface area contributed by atoms with Gasteiger partial charge in [0, 0.05) is 48.0 Å². The first-order valence-corrected chi connectivity index (χ1v) is 10.3. The number of likely N-dealkylation sites (tertiary alicyclic amines) is 1. The first kappa shape index (κ1) is 18.4. The summed E-state index contributed by atoms with van der Waals surface area (Å²) in [5, 5.41) is 4.94. The lowest BCUT2D eigenvalue weighted by Crippen LogP contribution is -2.30. The summed E-state index contributed by atoms with van der Waals surface area (Å²) in [5.74, 6) is -0.0682. The third-order valence-corrected chi connectivity index (χ3v) is 5.91. The van der Waals surface area contributed by atoms with Crippen LogP contribution in [0.1, 0.15) is 40.5 Å². The zero-order chi connectivity index (χ0) is 19.3. The summed E-state index contributed by atoms with van der Waals surface area (Å²) in [6, 6.07) is 11.5. The number of nitrogens with zero attached hydrogens (tertiary/aromatic N) is 3. The summed E-state index contributed by atoms with van der Waals surface area (Å²) >= 11 is 1.70. The quantitative estimate of drug-likeness (QED) is 0.688. The molecule has 1 atom stereocenters. The molecule has 0 aliphatic carbocycles. The van der Waals surface area contributed by atoms with Crippen LogP contribution in [0, 0.1) is 0 Å². The van der Waals surface area contributed by atoms with Crippen molar-refractivity contribution < 1.29 is 9.59 Å². The summed E-state index contributed by atoms with van der Waals surface area (Å²) in [7, 11) is 0. The molecular weight excluding hydrogens is 372 g/mol. The number of hydrogen-bond acceptors (Lipinski definition) is 4. The number of benzene rings is 1. The number of nitrogens with one attached hydrogen (secondary N) is 1. The van der Waals surface area contributed by atoms with Crippen LogP contribution in [0.25, 0.3) is 0 Å². The van der Waals surface area contributed by atoms with Crippen molar-refractivity contribution in [2.75, 3.05) is 11.9 Å². The van der Waals surface area contributed by atoms with Gasteiger partial charge in [-0.05, 0) is 42.5 Å². The lowest BCUT2D eigenvalue weighted by Gasteiger charge is -2.24. The van der Waals surface area contributed by atoms with E-state index in [2.05, 4.69) is 21.7 Å². The highest BCUT2D eigenvalue weighted by Gasteiger charge is 2.31. The second-order valence-electron chi connectivity index (χ2n) is 6.85. The van der Waals surface area contributed by atoms with Crippen LogP contribution < -0.4 is 5.32 Å². The number of amides is 2. The Hall–Kier alpha value is -2.93. The normalized spacial score (nSPS) is 16.3. The largest absolute Gasteiger partial charge is 0.337 e. The van der Waals surface area contributed by atoms with Gasteiger partial charge in [-0.25, -0.2) is 4.98 Å². The Balaban J connectivity index is 1.41. The van der Waals surface area contributed by atoms with Crippen molar-refractivity contribution >= 4 is 28.8 Å². The number of aryl methyl sites for hydroxylation is 1. The number of rotatable bonds is 6. The predicted molar refractivity (Wildman–Crippen MR) is 109 cm³/mol. The Bertz CT molecular complexity index is 937. The SMILES string of the molecule is O=C(CCn1ccnc1)Nc1cccc(C(=O)N2CCCC2c2cccs2)c1. The van der Waals surface area contributed by atoms with Gasteiger partial charge in [0.1, 0.15) is 0 Å². The zero-order valence-electron chi connectivity index (χ0n) is 15.5. The Morgan fingerprint density at radius 1 is 1.25 bits per heavy atom. The van der Waals surface area contributed by atoms with Crippen molar-refractivity contribution in [3.8, 4) is 0 Å². The first-order chi connectivity index (χ1) is 13.7. The minimum atomic E-state index is -0.0871. The molecule has 6 nitrogen and oxygen atoms in total. The smallest absolute Gasteiger partial charge is 0.254 e. The molecule has 3 heterocycles. The van der Waals surface area contributed by atoms with E-state index in [-0.39, 0.29) is 17.9 Å². The molecular formula is C21H22N4O2S. The number of anilines is 1. The topological polar surface area (TPSA) is 67.2 Å². The second kappa shape index (κ2) is 8.39. The number of carbonyl (C=O) groups is 2. The van der Waals surface area contributed by atoms with Crippen LogP contribution in [-0.2, 0) is 11.3 Å². The van der Waals surface area contributed by atoms with E-state index in [0.717, 1.165) is 19.4 Å². The standard InChI is InChI=1S/C21H22N4O2S/c26-20(8-11-24-12-9-22-15-24)23-17-5-1-4-16(14-17)21(27)25-10-2-6-18(25)19-7-3-13-28-19/h1,3-5,7,9,12-15,18H,2,6,8,10-11H2,(H,23,26). The fourth-order valence-electron chi connectivity index (χ4n) is 3.56. The van der Waals surface area contributed by atoms with E-state index in [4.69, 9.17) is 0 Å². The molecule has 1 aromatic carbocycles. The Kier molecular flexibility index (Phi) is 5.53. The van der Waals surface area contributed by atoms with Crippen molar-refractivity contribution in [1.29, 1.82) is 0 Å². The van der Waals surface area contributed by atoms with E-state index in [0.29, 0.717) is 24.2 Å². The first-order valence-electron chi connectivity index (χ1n) is 9.41. The van der Waals surface area contributed by atoms with E-state index in [1.54, 1.807) is 29.9 Å². The summed E-state index contributed by atoms with van der Waals surface area (Å²) in [6.07, 6.45) is 7.56. The molecule has 4 rings (SSSR count). The van der Waals surface area contributed by atoms with E-state index < -0.39 is 0 Å². The molecule has 1 fully saturated rings. The van der Waals surface area contributed by atoms with Crippen LogP contribution in [0.2, 0.25) is 0 Å². The average molecular weight is 395 g/mol. The van der Waals surface area contributed by atoms with Gasteiger partial charge >= 0.3 is 0 Å². The maximum Gasteiger partial charge on any atom is 0.254 e. The molecule has 3 aromatic rings. The average Bonchev–Trinajstić information content (AvgIpc) is 3.48. The number of hydrogen-bond donors (Lipinski definition) is 1. The van der Waals surface area contributed by atoms with E-state index in [9.17, 15) is 9.59 Å². The highest BCUT2D eigenvalue weighted by molar-refractivity contribution is 7.10. The van der Waals surface area contributed by atoms with E-state index in [1.807, 2.05) is 39.9 Å². The van der Waals surface area contributed by atoms with Crippen LogP contribution in [0.5, 0.6) is 0 Å². The van der Waals surface area contributed by atoms with E-state index >= 15 is 0 Å². The molecule has 1 aliphatic rings. The molecule has 2 aromatic heterocycles. The van der Waals surface area contributed by atoms with Gasteiger partial charge < -0.3 is 14.8 Å². The van der Waals surface area contributed by atoms with Gasteiger partial charge in [-0.15, -0.1) is 11.3 Å². The van der Waals surface area contributed by atoms with Gasteiger partial charge in [0.25, 0.3) is 5.91 Å². The minimum absolute atomic E-state index is 0.0189. The summed E-state index contributed by atoms with van der Waals surface area (Å²) in [5.41, 5.74) is 1.25. The van der Waals surface area contributed by atoms with Crippen LogP contribution >= 0.6 is 11.3 Å². The number of thiophene rings is 1. The molecule has 1 N–H and O–H groups in total. The van der Waals surface area contributed by atoms with Gasteiger partial charge in [-0.3, -0.25) is 9.59 Å². The number of imidazole rings is 1. The molecule has 28 heavy (non-hydrogen) atoms. The Morgan fingerprint density at radius 2 is 2.18 bits per heavy atom. The molecule has 2 amide bonds. The molecule has 0 radical (unpaired) electrons. The number of aromatic nitrogens is 2. The van der Waals surface area contributed by atoms with Crippen molar-refractivity contribution in [3.63, 3.8) is 0 Å². The van der Waals surface area contributed by atoms with Gasteiger partial charge in [-0.1, -0.05) is 12.1 Å². The van der Waals surface area contributed by atoms with Gasteiger partial charge in [0.15, 0.2) is 0 Å². The summed E-state index contributed by atoms with van der Waals surface area (Å²) in [6.45, 7) is 1.34. The molecule has 0 bridgehead atoms. The molecule has 144 valence electrons. The zero-order valence-corrected chi connectivity index (χ0v) is 16.3. The lowest BCUT2D eigenvalue weighted by atomic mass is 10.1. The highest BCUT2D eigenvalue weighted by atomic mass is 32.1. The van der Waals surface area contributed by atoms with Crippen molar-refractivity contribution in [3.05, 3.63) is 70.9 Å². The maximum atomic E-state index is 13.1. The fourth-order valence-corrected chi connectivity index (χ4v) is 4.43. The van der Waals surface area contributed by atoms with Crippen LogP contribution in [-0.4, -0.2) is 32.8 Å².